The van der Waals surface area contributed by atoms with E-state index in [2.05, 4.69) is 48.0 Å². The van der Waals surface area contributed by atoms with Crippen LogP contribution in [0, 0.1) is 5.92 Å². The summed E-state index contributed by atoms with van der Waals surface area (Å²) in [5.74, 6) is 1.19. The molecule has 1 amide bonds. The monoisotopic (exact) mass is 331 g/mol. The molecular weight excluding hydrogens is 298 g/mol. The molecule has 0 aromatic heterocycles. The fourth-order valence-electron chi connectivity index (χ4n) is 3.32. The molecule has 0 spiro atoms. The third kappa shape index (κ3) is 5.60. The van der Waals surface area contributed by atoms with Gasteiger partial charge in [0, 0.05) is 39.3 Å². The summed E-state index contributed by atoms with van der Waals surface area (Å²) >= 11 is 0. The van der Waals surface area contributed by atoms with Crippen LogP contribution in [0.5, 0.6) is 0 Å². The number of piperazine rings is 1. The molecule has 1 heterocycles. The molecule has 1 aromatic rings. The highest BCUT2D eigenvalue weighted by Crippen LogP contribution is 2.14. The maximum absolute atomic E-state index is 12.5. The van der Waals surface area contributed by atoms with E-state index >= 15 is 0 Å². The van der Waals surface area contributed by atoms with Crippen molar-refractivity contribution in [1.82, 2.24) is 15.1 Å². The Balaban J connectivity index is 1.74. The zero-order chi connectivity index (χ0) is 17.5. The van der Waals surface area contributed by atoms with Crippen molar-refractivity contribution >= 4 is 5.91 Å². The van der Waals surface area contributed by atoms with Gasteiger partial charge >= 0.3 is 0 Å². The van der Waals surface area contributed by atoms with Crippen LogP contribution in [0.25, 0.3) is 0 Å². The lowest BCUT2D eigenvalue weighted by molar-refractivity contribution is -0.126. The number of carbonyl (C=O) groups excluding carboxylic acids is 1. The zero-order valence-electron chi connectivity index (χ0n) is 15.7. The highest BCUT2D eigenvalue weighted by Gasteiger charge is 2.25. The topological polar surface area (TPSA) is 35.6 Å². The van der Waals surface area contributed by atoms with Gasteiger partial charge in [0.1, 0.15) is 0 Å². The van der Waals surface area contributed by atoms with Gasteiger partial charge in [-0.2, -0.15) is 0 Å². The minimum absolute atomic E-state index is 0.0471. The second-order valence-electron chi connectivity index (χ2n) is 7.46. The van der Waals surface area contributed by atoms with Gasteiger partial charge in [-0.25, -0.2) is 0 Å². The first kappa shape index (κ1) is 18.9. The number of hydrogen-bond acceptors (Lipinski definition) is 3. The van der Waals surface area contributed by atoms with Gasteiger partial charge in [0.15, 0.2) is 0 Å². The average molecular weight is 332 g/mol. The summed E-state index contributed by atoms with van der Waals surface area (Å²) in [7, 11) is 0. The fraction of sp³-hybridized carbons (Fsp3) is 0.650. The summed E-state index contributed by atoms with van der Waals surface area (Å²) in [5.41, 5.74) is 1.27. The van der Waals surface area contributed by atoms with Crippen molar-refractivity contribution in [2.45, 2.75) is 39.7 Å². The van der Waals surface area contributed by atoms with E-state index in [1.807, 2.05) is 25.1 Å². The van der Waals surface area contributed by atoms with Crippen molar-refractivity contribution in [3.8, 4) is 0 Å². The van der Waals surface area contributed by atoms with Crippen LogP contribution in [-0.2, 0) is 4.79 Å². The molecule has 24 heavy (non-hydrogen) atoms. The fourth-order valence-corrected chi connectivity index (χ4v) is 3.32. The van der Waals surface area contributed by atoms with Crippen molar-refractivity contribution in [3.63, 3.8) is 0 Å². The van der Waals surface area contributed by atoms with E-state index in [0.29, 0.717) is 18.4 Å². The van der Waals surface area contributed by atoms with Gasteiger partial charge < -0.3 is 10.2 Å². The van der Waals surface area contributed by atoms with Crippen LogP contribution in [0.3, 0.4) is 0 Å². The van der Waals surface area contributed by atoms with E-state index in [0.717, 1.165) is 32.7 Å². The van der Waals surface area contributed by atoms with E-state index in [1.165, 1.54) is 5.56 Å². The van der Waals surface area contributed by atoms with E-state index in [9.17, 15) is 4.79 Å². The van der Waals surface area contributed by atoms with Crippen molar-refractivity contribution in [3.05, 3.63) is 35.9 Å². The lowest BCUT2D eigenvalue weighted by atomic mass is 10.0. The molecule has 0 saturated carbocycles. The molecule has 1 N–H and O–H groups in total. The molecule has 2 unspecified atom stereocenters. The number of nitrogens with zero attached hydrogens (tertiary/aromatic N) is 2. The number of nitrogens with one attached hydrogen (secondary N) is 1. The van der Waals surface area contributed by atoms with Crippen LogP contribution in [0.4, 0.5) is 0 Å². The lowest BCUT2D eigenvalue weighted by Crippen LogP contribution is -2.54. The smallest absolute Gasteiger partial charge is 0.237 e. The first-order valence-corrected chi connectivity index (χ1v) is 9.26. The van der Waals surface area contributed by atoms with Crippen LogP contribution in [0.15, 0.2) is 30.3 Å². The Labute approximate surface area is 147 Å². The van der Waals surface area contributed by atoms with Crippen LogP contribution < -0.4 is 5.32 Å². The molecule has 1 aromatic carbocycles. The summed E-state index contributed by atoms with van der Waals surface area (Å²) in [5, 5.41) is 3.13. The van der Waals surface area contributed by atoms with Crippen LogP contribution in [-0.4, -0.2) is 61.0 Å². The first-order chi connectivity index (χ1) is 11.5. The molecule has 2 atom stereocenters. The van der Waals surface area contributed by atoms with Gasteiger partial charge in [-0.1, -0.05) is 51.1 Å². The number of benzene rings is 1. The molecule has 2 rings (SSSR count). The maximum atomic E-state index is 12.5. The molecule has 1 aliphatic heterocycles. The van der Waals surface area contributed by atoms with Crippen molar-refractivity contribution in [2.75, 3.05) is 39.3 Å². The van der Waals surface area contributed by atoms with Crippen LogP contribution >= 0.6 is 0 Å². The standard InChI is InChI=1S/C20H33N3O/c1-16(2)15-22-10-12-23(13-11-22)18(4)20(24)21-14-17(3)19-8-6-5-7-9-19/h5-9,16-18H,10-15H2,1-4H3,(H,21,24). The summed E-state index contributed by atoms with van der Waals surface area (Å²) in [6.45, 7) is 14.7. The number of amides is 1. The molecule has 4 heteroatoms. The molecule has 134 valence electrons. The van der Waals surface area contributed by atoms with E-state index in [4.69, 9.17) is 0 Å². The van der Waals surface area contributed by atoms with Gasteiger partial charge in [-0.05, 0) is 24.3 Å². The largest absolute Gasteiger partial charge is 0.354 e. The minimum Gasteiger partial charge on any atom is -0.354 e. The Bertz CT molecular complexity index is 495. The van der Waals surface area contributed by atoms with E-state index < -0.39 is 0 Å². The van der Waals surface area contributed by atoms with Gasteiger partial charge in [0.25, 0.3) is 0 Å². The van der Waals surface area contributed by atoms with Crippen molar-refractivity contribution in [2.24, 2.45) is 5.92 Å². The summed E-state index contributed by atoms with van der Waals surface area (Å²) in [6.07, 6.45) is 0. The average Bonchev–Trinajstić information content (AvgIpc) is 2.59. The third-order valence-electron chi connectivity index (χ3n) is 4.91. The van der Waals surface area contributed by atoms with E-state index in [-0.39, 0.29) is 11.9 Å². The molecule has 0 aliphatic carbocycles. The summed E-state index contributed by atoms with van der Waals surface area (Å²) < 4.78 is 0. The molecule has 4 nitrogen and oxygen atoms in total. The number of carbonyl (C=O) groups is 1. The molecule has 1 fully saturated rings. The molecule has 0 bridgehead atoms. The summed E-state index contributed by atoms with van der Waals surface area (Å²) in [6, 6.07) is 10.3. The predicted molar refractivity (Wildman–Crippen MR) is 100 cm³/mol. The van der Waals surface area contributed by atoms with Crippen LogP contribution in [0.2, 0.25) is 0 Å². The van der Waals surface area contributed by atoms with Gasteiger partial charge in [0.2, 0.25) is 5.91 Å². The molecule has 0 radical (unpaired) electrons. The molecule has 1 aliphatic rings. The Hall–Kier alpha value is -1.39. The van der Waals surface area contributed by atoms with E-state index in [1.54, 1.807) is 0 Å². The Morgan fingerprint density at radius 2 is 1.67 bits per heavy atom. The van der Waals surface area contributed by atoms with Gasteiger partial charge in [-0.3, -0.25) is 9.69 Å². The highest BCUT2D eigenvalue weighted by molar-refractivity contribution is 5.81. The minimum atomic E-state index is -0.0471. The predicted octanol–water partition coefficient (Wildman–Crippen LogP) is 2.57. The second kappa shape index (κ2) is 9.19. The Kier molecular flexibility index (Phi) is 7.25. The Morgan fingerprint density at radius 3 is 2.25 bits per heavy atom. The highest BCUT2D eigenvalue weighted by atomic mass is 16.2. The zero-order valence-corrected chi connectivity index (χ0v) is 15.7. The number of rotatable bonds is 7. The SMILES string of the molecule is CC(C)CN1CCN(C(C)C(=O)NCC(C)c2ccccc2)CC1. The maximum Gasteiger partial charge on any atom is 0.237 e. The van der Waals surface area contributed by atoms with Crippen molar-refractivity contribution in [1.29, 1.82) is 0 Å². The quantitative estimate of drug-likeness (QED) is 0.834. The first-order valence-electron chi connectivity index (χ1n) is 9.26. The van der Waals surface area contributed by atoms with Crippen LogP contribution in [0.1, 0.15) is 39.2 Å². The van der Waals surface area contributed by atoms with Gasteiger partial charge in [-0.15, -0.1) is 0 Å². The second-order valence-corrected chi connectivity index (χ2v) is 7.46. The third-order valence-corrected chi connectivity index (χ3v) is 4.91. The normalized spacial score (nSPS) is 19.2. The Morgan fingerprint density at radius 1 is 1.04 bits per heavy atom. The summed E-state index contributed by atoms with van der Waals surface area (Å²) in [4.78, 5) is 17.3. The molecular formula is C20H33N3O. The molecule has 1 saturated heterocycles. The van der Waals surface area contributed by atoms with Crippen molar-refractivity contribution < 1.29 is 4.79 Å². The lowest BCUT2D eigenvalue weighted by Gasteiger charge is -2.38. The van der Waals surface area contributed by atoms with Gasteiger partial charge in [0.05, 0.1) is 6.04 Å². The number of hydrogen-bond donors (Lipinski definition) is 1.